The molecule has 0 aliphatic carbocycles. The second-order valence-corrected chi connectivity index (χ2v) is 7.64. The second-order valence-electron chi connectivity index (χ2n) is 7.23. The van der Waals surface area contributed by atoms with Gasteiger partial charge in [-0.3, -0.25) is 4.79 Å². The largest absolute Gasteiger partial charge is 0.485 e. The van der Waals surface area contributed by atoms with Crippen molar-refractivity contribution < 1.29 is 14.3 Å². The number of nitrogens with one attached hydrogen (secondary N) is 3. The lowest BCUT2D eigenvalue weighted by Crippen LogP contribution is -2.39. The molecule has 0 radical (unpaired) electrons. The van der Waals surface area contributed by atoms with Gasteiger partial charge in [-0.1, -0.05) is 17.7 Å². The van der Waals surface area contributed by atoms with Gasteiger partial charge in [0.05, 0.1) is 18.9 Å². The number of hydrogen-bond acceptors (Lipinski definition) is 6. The minimum atomic E-state index is -0.296. The quantitative estimate of drug-likeness (QED) is 0.420. The van der Waals surface area contributed by atoms with Gasteiger partial charge in [-0.25, -0.2) is 4.98 Å². The fourth-order valence-corrected chi connectivity index (χ4v) is 3.45. The number of ether oxygens (including phenoxy) is 2. The van der Waals surface area contributed by atoms with E-state index in [1.807, 2.05) is 18.2 Å². The van der Waals surface area contributed by atoms with Crippen LogP contribution in [0.5, 0.6) is 5.75 Å². The van der Waals surface area contributed by atoms with E-state index < -0.39 is 0 Å². The van der Waals surface area contributed by atoms with Gasteiger partial charge in [0.15, 0.2) is 0 Å². The molecule has 3 aromatic rings. The van der Waals surface area contributed by atoms with Crippen LogP contribution >= 0.6 is 11.6 Å². The summed E-state index contributed by atoms with van der Waals surface area (Å²) in [6.45, 7) is 3.01. The number of aromatic amines is 1. The molecule has 1 aliphatic rings. The highest BCUT2D eigenvalue weighted by Crippen LogP contribution is 2.28. The number of carbonyl (C=O) groups excluding carboxylic acids is 1. The maximum Gasteiger partial charge on any atom is 0.268 e. The number of rotatable bonds is 7. The zero-order valence-electron chi connectivity index (χ0n) is 16.9. The molecular weight excluding hydrogens is 418 g/mol. The van der Waals surface area contributed by atoms with Crippen LogP contribution in [0.15, 0.2) is 42.1 Å². The predicted molar refractivity (Wildman–Crippen MR) is 120 cm³/mol. The highest BCUT2D eigenvalue weighted by Gasteiger charge is 2.22. The molecule has 8 nitrogen and oxygen atoms in total. The minimum absolute atomic E-state index is 0.000964. The van der Waals surface area contributed by atoms with Crippen LogP contribution in [-0.4, -0.2) is 41.4 Å². The third-order valence-electron chi connectivity index (χ3n) is 4.97. The monoisotopic (exact) mass is 439 g/mol. The van der Waals surface area contributed by atoms with Crippen molar-refractivity contribution >= 4 is 40.3 Å². The molecule has 4 rings (SSSR count). The second kappa shape index (κ2) is 8.79. The van der Waals surface area contributed by atoms with Crippen LogP contribution in [0.1, 0.15) is 28.7 Å². The Morgan fingerprint density at radius 3 is 2.90 bits per heavy atom. The molecular formula is C22H22ClN5O3. The zero-order valence-corrected chi connectivity index (χ0v) is 17.6. The van der Waals surface area contributed by atoms with Crippen LogP contribution in [0.3, 0.4) is 0 Å². The summed E-state index contributed by atoms with van der Waals surface area (Å²) in [7, 11) is 0. The van der Waals surface area contributed by atoms with Crippen molar-refractivity contribution in [2.24, 2.45) is 5.73 Å². The van der Waals surface area contributed by atoms with E-state index in [0.717, 1.165) is 5.39 Å². The molecule has 5 N–H and O–H groups in total. The lowest BCUT2D eigenvalue weighted by molar-refractivity contribution is -0.0800. The van der Waals surface area contributed by atoms with Crippen molar-refractivity contribution in [2.45, 2.75) is 19.6 Å². The summed E-state index contributed by atoms with van der Waals surface area (Å²) < 4.78 is 11.0. The van der Waals surface area contributed by atoms with Gasteiger partial charge in [0, 0.05) is 40.0 Å². The van der Waals surface area contributed by atoms with Crippen LogP contribution in [0.2, 0.25) is 5.02 Å². The lowest BCUT2D eigenvalue weighted by Gasteiger charge is -2.28. The number of carbonyl (C=O) groups is 1. The lowest BCUT2D eigenvalue weighted by atomic mass is 10.1. The van der Waals surface area contributed by atoms with Crippen molar-refractivity contribution in [3.63, 3.8) is 0 Å². The molecule has 1 aromatic carbocycles. The number of allylic oxidation sites excluding steroid dienone is 2. The summed E-state index contributed by atoms with van der Waals surface area (Å²) in [5.74, 6) is 0.336. The standard InChI is InChI=1S/C22H22ClN5O3/c1-12(25)15(8-24)18-6-5-13-7-19(28-21(13)27-18)22(29)26-9-16-17(23)3-2-4-20(16)31-14-10-30-11-14/h2-8,14,24H,9-11,25H2,1H3,(H,26,29)(H,27,28)/b15-12+,24-8?. The van der Waals surface area contributed by atoms with E-state index in [-0.39, 0.29) is 18.6 Å². The van der Waals surface area contributed by atoms with E-state index in [1.54, 1.807) is 25.1 Å². The highest BCUT2D eigenvalue weighted by molar-refractivity contribution is 6.31. The van der Waals surface area contributed by atoms with Crippen molar-refractivity contribution in [3.8, 4) is 5.75 Å². The number of fused-ring (bicyclic) bond motifs is 1. The number of pyridine rings is 1. The first-order chi connectivity index (χ1) is 15.0. The van der Waals surface area contributed by atoms with E-state index in [9.17, 15) is 4.79 Å². The molecule has 31 heavy (non-hydrogen) atoms. The van der Waals surface area contributed by atoms with Gasteiger partial charge in [0.25, 0.3) is 5.91 Å². The van der Waals surface area contributed by atoms with E-state index in [2.05, 4.69) is 15.3 Å². The van der Waals surface area contributed by atoms with Gasteiger partial charge in [0.2, 0.25) is 0 Å². The molecule has 0 spiro atoms. The first-order valence-electron chi connectivity index (χ1n) is 9.73. The van der Waals surface area contributed by atoms with Crippen molar-refractivity contribution in [1.29, 1.82) is 5.41 Å². The highest BCUT2D eigenvalue weighted by atomic mass is 35.5. The fourth-order valence-electron chi connectivity index (χ4n) is 3.21. The van der Waals surface area contributed by atoms with Gasteiger partial charge >= 0.3 is 0 Å². The summed E-state index contributed by atoms with van der Waals surface area (Å²) in [6, 6.07) is 10.7. The minimum Gasteiger partial charge on any atom is -0.485 e. The Hall–Kier alpha value is -3.36. The van der Waals surface area contributed by atoms with Crippen molar-refractivity contribution in [3.05, 3.63) is 64.1 Å². The summed E-state index contributed by atoms with van der Waals surface area (Å²) >= 11 is 6.34. The van der Waals surface area contributed by atoms with E-state index in [1.165, 1.54) is 6.21 Å². The third-order valence-corrected chi connectivity index (χ3v) is 5.33. The summed E-state index contributed by atoms with van der Waals surface area (Å²) in [6.07, 6.45) is 1.16. The van der Waals surface area contributed by atoms with Crippen molar-refractivity contribution in [1.82, 2.24) is 15.3 Å². The number of halogens is 1. The predicted octanol–water partition coefficient (Wildman–Crippen LogP) is 3.26. The van der Waals surface area contributed by atoms with Gasteiger partial charge in [-0.2, -0.15) is 0 Å². The molecule has 1 saturated heterocycles. The zero-order chi connectivity index (χ0) is 22.0. The number of nitrogens with two attached hydrogens (primary N) is 1. The number of amides is 1. The summed E-state index contributed by atoms with van der Waals surface area (Å²) in [5, 5.41) is 11.7. The molecule has 2 aromatic heterocycles. The molecule has 0 saturated carbocycles. The van der Waals surface area contributed by atoms with Gasteiger partial charge in [-0.05, 0) is 37.3 Å². The van der Waals surface area contributed by atoms with Crippen LogP contribution in [0, 0.1) is 5.41 Å². The number of benzene rings is 1. The van der Waals surface area contributed by atoms with E-state index in [4.69, 9.17) is 32.2 Å². The van der Waals surface area contributed by atoms with Crippen LogP contribution in [-0.2, 0) is 11.3 Å². The average molecular weight is 440 g/mol. The molecule has 3 heterocycles. The third kappa shape index (κ3) is 4.40. The first kappa shape index (κ1) is 20.9. The Bertz CT molecular complexity index is 1180. The molecule has 1 aliphatic heterocycles. The van der Waals surface area contributed by atoms with Crippen LogP contribution < -0.4 is 15.8 Å². The topological polar surface area (TPSA) is 126 Å². The summed E-state index contributed by atoms with van der Waals surface area (Å²) in [5.41, 5.74) is 9.03. The number of hydrogen-bond donors (Lipinski definition) is 4. The Labute approximate surface area is 183 Å². The Kier molecular flexibility index (Phi) is 5.92. The molecule has 0 atom stereocenters. The molecule has 1 amide bonds. The number of H-pyrrole nitrogens is 1. The molecule has 0 unspecified atom stereocenters. The van der Waals surface area contributed by atoms with Gasteiger partial charge in [-0.15, -0.1) is 0 Å². The van der Waals surface area contributed by atoms with Crippen LogP contribution in [0.25, 0.3) is 16.6 Å². The molecule has 0 bridgehead atoms. The number of nitrogens with zero attached hydrogens (tertiary/aromatic N) is 1. The Morgan fingerprint density at radius 2 is 2.23 bits per heavy atom. The first-order valence-corrected chi connectivity index (χ1v) is 10.1. The molecule has 160 valence electrons. The van der Waals surface area contributed by atoms with Crippen LogP contribution in [0.4, 0.5) is 0 Å². The SMILES string of the molecule is C/C(N)=C(/C=N)c1ccc2cc(C(=O)NCc3c(Cl)cccc3OC3COC3)[nH]c2n1. The van der Waals surface area contributed by atoms with Crippen molar-refractivity contribution in [2.75, 3.05) is 13.2 Å². The van der Waals surface area contributed by atoms with Gasteiger partial charge in [0.1, 0.15) is 23.2 Å². The maximum atomic E-state index is 12.7. The molecule has 9 heteroatoms. The average Bonchev–Trinajstić information content (AvgIpc) is 3.14. The smallest absolute Gasteiger partial charge is 0.268 e. The van der Waals surface area contributed by atoms with Gasteiger partial charge < -0.3 is 30.9 Å². The Morgan fingerprint density at radius 1 is 1.42 bits per heavy atom. The number of aromatic nitrogens is 2. The Balaban J connectivity index is 1.52. The van der Waals surface area contributed by atoms with E-state index in [0.29, 0.717) is 57.9 Å². The summed E-state index contributed by atoms with van der Waals surface area (Å²) in [4.78, 5) is 20.3. The normalized spacial score (nSPS) is 14.6. The fraction of sp³-hybridized carbons (Fsp3) is 0.227. The van der Waals surface area contributed by atoms with E-state index >= 15 is 0 Å². The molecule has 1 fully saturated rings. The maximum absolute atomic E-state index is 12.7.